The number of thiazole rings is 1. The fraction of sp³-hybridized carbons (Fsp3) is 0.346. The molecule has 3 heterocycles. The van der Waals surface area contributed by atoms with Crippen LogP contribution in [-0.4, -0.2) is 42.3 Å². The quantitative estimate of drug-likeness (QED) is 0.219. The Bertz CT molecular complexity index is 1310. The van der Waals surface area contributed by atoms with Crippen molar-refractivity contribution in [1.29, 1.82) is 0 Å². The zero-order chi connectivity index (χ0) is 25.7. The zero-order valence-electron chi connectivity index (χ0n) is 21.2. The summed E-state index contributed by atoms with van der Waals surface area (Å²) in [7, 11) is 0. The maximum Gasteiger partial charge on any atom is 0.319 e. The largest absolute Gasteiger partial charge is 0.480 e. The molecule has 8 nitrogen and oxygen atoms in total. The summed E-state index contributed by atoms with van der Waals surface area (Å²) in [5, 5.41) is 11.4. The van der Waals surface area contributed by atoms with E-state index in [1.165, 1.54) is 23.1 Å². The third-order valence-corrected chi connectivity index (χ3v) is 7.83. The SMILES string of the molecule is CCc1cnc(N(CCc2csc(SC(C)(C)C(=O)O)n2)Cc2oc(-c3ccccc3)nc2C)nc1.Cl. The molecule has 11 heteroatoms. The van der Waals surface area contributed by atoms with Crippen LogP contribution in [0.3, 0.4) is 0 Å². The van der Waals surface area contributed by atoms with Gasteiger partial charge in [-0.15, -0.1) is 23.7 Å². The Balaban J connectivity index is 0.00000380. The molecule has 3 aromatic heterocycles. The molecule has 1 N–H and O–H groups in total. The fourth-order valence-electron chi connectivity index (χ4n) is 3.36. The van der Waals surface area contributed by atoms with Crippen LogP contribution in [-0.2, 0) is 24.2 Å². The van der Waals surface area contributed by atoms with E-state index in [4.69, 9.17) is 4.42 Å². The number of oxazole rings is 1. The van der Waals surface area contributed by atoms with Gasteiger partial charge in [0, 0.05) is 36.3 Å². The highest BCUT2D eigenvalue weighted by molar-refractivity contribution is 8.03. The fourth-order valence-corrected chi connectivity index (χ4v) is 5.58. The summed E-state index contributed by atoms with van der Waals surface area (Å²) in [6, 6.07) is 9.83. The van der Waals surface area contributed by atoms with Crippen molar-refractivity contribution in [2.45, 2.75) is 56.2 Å². The molecule has 0 bridgehead atoms. The smallest absolute Gasteiger partial charge is 0.319 e. The monoisotopic (exact) mass is 559 g/mol. The molecule has 37 heavy (non-hydrogen) atoms. The molecule has 0 spiro atoms. The molecule has 0 aliphatic heterocycles. The van der Waals surface area contributed by atoms with Gasteiger partial charge in [0.05, 0.1) is 17.9 Å². The summed E-state index contributed by atoms with van der Waals surface area (Å²) in [6.45, 7) is 8.46. The highest BCUT2D eigenvalue weighted by atomic mass is 35.5. The first-order chi connectivity index (χ1) is 17.2. The van der Waals surface area contributed by atoms with Crippen molar-refractivity contribution in [2.75, 3.05) is 11.4 Å². The first-order valence-electron chi connectivity index (χ1n) is 11.7. The van der Waals surface area contributed by atoms with Gasteiger partial charge in [-0.2, -0.15) is 0 Å². The molecule has 0 fully saturated rings. The molecular weight excluding hydrogens is 530 g/mol. The van der Waals surface area contributed by atoms with Crippen LogP contribution in [0, 0.1) is 6.92 Å². The minimum Gasteiger partial charge on any atom is -0.480 e. The van der Waals surface area contributed by atoms with E-state index in [0.717, 1.165) is 39.0 Å². The third-order valence-electron chi connectivity index (χ3n) is 5.66. The topological polar surface area (TPSA) is 105 Å². The molecule has 0 aliphatic rings. The van der Waals surface area contributed by atoms with E-state index in [1.807, 2.05) is 55.0 Å². The van der Waals surface area contributed by atoms with Crippen molar-refractivity contribution >= 4 is 47.4 Å². The Morgan fingerprint density at radius 2 is 1.86 bits per heavy atom. The van der Waals surface area contributed by atoms with E-state index >= 15 is 0 Å². The van der Waals surface area contributed by atoms with Gasteiger partial charge in [0.15, 0.2) is 4.34 Å². The van der Waals surface area contributed by atoms with Gasteiger partial charge in [-0.05, 0) is 44.9 Å². The van der Waals surface area contributed by atoms with Crippen LogP contribution in [0.25, 0.3) is 11.5 Å². The average molecular weight is 560 g/mol. The minimum absolute atomic E-state index is 0. The highest BCUT2D eigenvalue weighted by Crippen LogP contribution is 2.35. The summed E-state index contributed by atoms with van der Waals surface area (Å²) < 4.78 is 5.96. The average Bonchev–Trinajstić information content (AvgIpc) is 3.47. The van der Waals surface area contributed by atoms with E-state index in [1.54, 1.807) is 13.8 Å². The minimum atomic E-state index is -0.934. The Labute approximate surface area is 231 Å². The van der Waals surface area contributed by atoms with Crippen LogP contribution in [0.5, 0.6) is 0 Å². The Hall–Kier alpha value is -2.95. The summed E-state index contributed by atoms with van der Waals surface area (Å²) >= 11 is 2.72. The summed E-state index contributed by atoms with van der Waals surface area (Å²) in [6.07, 6.45) is 5.23. The zero-order valence-corrected chi connectivity index (χ0v) is 23.6. The van der Waals surface area contributed by atoms with Gasteiger partial charge in [0.2, 0.25) is 11.8 Å². The first-order valence-corrected chi connectivity index (χ1v) is 13.4. The van der Waals surface area contributed by atoms with Crippen molar-refractivity contribution in [3.8, 4) is 11.5 Å². The Morgan fingerprint density at radius 1 is 1.16 bits per heavy atom. The number of hydrogen-bond acceptors (Lipinski definition) is 9. The van der Waals surface area contributed by atoms with Gasteiger partial charge in [-0.3, -0.25) is 4.79 Å². The number of carboxylic acid groups (broad SMARTS) is 1. The van der Waals surface area contributed by atoms with Crippen LogP contribution in [0.15, 0.2) is 56.9 Å². The van der Waals surface area contributed by atoms with Crippen LogP contribution < -0.4 is 4.90 Å². The van der Waals surface area contributed by atoms with Gasteiger partial charge < -0.3 is 14.4 Å². The van der Waals surface area contributed by atoms with Crippen LogP contribution in [0.4, 0.5) is 5.95 Å². The molecule has 4 rings (SSSR count). The second kappa shape index (κ2) is 12.5. The molecule has 0 aliphatic carbocycles. The van der Waals surface area contributed by atoms with E-state index in [2.05, 4.69) is 31.8 Å². The van der Waals surface area contributed by atoms with Crippen LogP contribution >= 0.6 is 35.5 Å². The lowest BCUT2D eigenvalue weighted by Gasteiger charge is -2.21. The maximum atomic E-state index is 11.5. The van der Waals surface area contributed by atoms with Gasteiger partial charge in [0.25, 0.3) is 0 Å². The van der Waals surface area contributed by atoms with Crippen LogP contribution in [0.2, 0.25) is 0 Å². The number of thioether (sulfide) groups is 1. The van der Waals surface area contributed by atoms with E-state index in [9.17, 15) is 9.90 Å². The van der Waals surface area contributed by atoms with Crippen molar-refractivity contribution in [2.24, 2.45) is 0 Å². The number of aliphatic carboxylic acids is 1. The van der Waals surface area contributed by atoms with Gasteiger partial charge >= 0.3 is 5.97 Å². The summed E-state index contributed by atoms with van der Waals surface area (Å²) in [5.74, 6) is 1.10. The maximum absolute atomic E-state index is 11.5. The molecule has 0 saturated heterocycles. The van der Waals surface area contributed by atoms with Crippen molar-refractivity contribution in [3.05, 3.63) is 70.8 Å². The lowest BCUT2D eigenvalue weighted by molar-refractivity contribution is -0.138. The number of anilines is 1. The van der Waals surface area contributed by atoms with Gasteiger partial charge in [0.1, 0.15) is 10.5 Å². The van der Waals surface area contributed by atoms with Crippen molar-refractivity contribution in [3.63, 3.8) is 0 Å². The van der Waals surface area contributed by atoms with E-state index in [0.29, 0.717) is 31.3 Å². The molecular formula is C26H30ClN5O3S2. The molecule has 196 valence electrons. The number of nitrogens with zero attached hydrogens (tertiary/aromatic N) is 5. The van der Waals surface area contributed by atoms with Gasteiger partial charge in [-0.25, -0.2) is 19.9 Å². The second-order valence-corrected chi connectivity index (χ2v) is 11.6. The predicted molar refractivity (Wildman–Crippen MR) is 150 cm³/mol. The number of aromatic nitrogens is 4. The van der Waals surface area contributed by atoms with E-state index < -0.39 is 10.7 Å². The number of halogens is 1. The summed E-state index contributed by atoms with van der Waals surface area (Å²) in [4.78, 5) is 32.0. The van der Waals surface area contributed by atoms with Crippen molar-refractivity contribution < 1.29 is 14.3 Å². The number of carboxylic acids is 1. The standard InChI is InChI=1S/C26H29N5O3S2.ClH/c1-5-18-13-27-24(28-14-18)31(12-11-20-16-35-25(30-20)36-26(3,4)23(32)33)15-21-17(2)29-22(34-21)19-9-7-6-8-10-19;/h6-10,13-14,16H,5,11-12,15H2,1-4H3,(H,32,33);1H. The molecule has 0 saturated carbocycles. The highest BCUT2D eigenvalue weighted by Gasteiger charge is 2.30. The second-order valence-electron chi connectivity index (χ2n) is 8.83. The molecule has 0 unspecified atom stereocenters. The first kappa shape index (κ1) is 28.6. The van der Waals surface area contributed by atoms with Crippen molar-refractivity contribution in [1.82, 2.24) is 19.9 Å². The van der Waals surface area contributed by atoms with E-state index in [-0.39, 0.29) is 12.4 Å². The Kier molecular flexibility index (Phi) is 9.69. The Morgan fingerprint density at radius 3 is 2.51 bits per heavy atom. The number of rotatable bonds is 11. The lowest BCUT2D eigenvalue weighted by Crippen LogP contribution is -2.27. The van der Waals surface area contributed by atoms with Crippen LogP contribution in [0.1, 0.15) is 43.5 Å². The molecule has 1 aromatic carbocycles. The summed E-state index contributed by atoms with van der Waals surface area (Å²) in [5.41, 5.74) is 3.73. The molecule has 0 radical (unpaired) electrons. The van der Waals surface area contributed by atoms with Gasteiger partial charge in [-0.1, -0.05) is 36.9 Å². The predicted octanol–water partition coefficient (Wildman–Crippen LogP) is 6.09. The third kappa shape index (κ3) is 7.30. The number of hydrogen-bond donors (Lipinski definition) is 1. The molecule has 4 aromatic rings. The lowest BCUT2D eigenvalue weighted by atomic mass is 10.2. The normalized spacial score (nSPS) is 11.2. The number of aryl methyl sites for hydroxylation is 2. The number of benzene rings is 1. The number of carbonyl (C=O) groups is 1. The molecule has 0 atom stereocenters. The molecule has 0 amide bonds.